The molecule has 0 spiro atoms. The van der Waals surface area contributed by atoms with Gasteiger partial charge in [-0.3, -0.25) is 13.9 Å². The Labute approximate surface area is 197 Å². The number of nitrogens with one attached hydrogen (secondary N) is 1. The number of ether oxygens (including phenoxy) is 2. The summed E-state index contributed by atoms with van der Waals surface area (Å²) >= 11 is 0. The van der Waals surface area contributed by atoms with Crippen molar-refractivity contribution >= 4 is 37.9 Å². The number of nitriles is 1. The summed E-state index contributed by atoms with van der Waals surface area (Å²) in [7, 11) is -7.10. The smallest absolute Gasteiger partial charge is 0.294 e. The van der Waals surface area contributed by atoms with Crippen molar-refractivity contribution in [3.8, 4) is 17.6 Å². The summed E-state index contributed by atoms with van der Waals surface area (Å²) in [5, 5.41) is 11.9. The molecule has 11 nitrogen and oxygen atoms in total. The van der Waals surface area contributed by atoms with Gasteiger partial charge in [0.1, 0.15) is 23.1 Å². The van der Waals surface area contributed by atoms with Crippen molar-refractivity contribution in [1.29, 1.82) is 5.26 Å². The number of unbranched alkanes of at least 4 members (excludes halogenated alkanes) is 1. The van der Waals surface area contributed by atoms with Gasteiger partial charge in [-0.1, -0.05) is 6.07 Å². The molecule has 3 N–H and O–H groups in total. The van der Waals surface area contributed by atoms with Gasteiger partial charge in [-0.15, -0.1) is 0 Å². The standard InChI is InChI=1S/C21H22N2O9S2/c1-31-18-8-7-15(20(13-18)32-9-2-3-10-33(25,26)27)11-16(14-22)21(24)23-17-5-4-6-19(12-17)34(28,29)30/h4-8,11-13H,2-3,9-10H2,1H3,(H,23,24)(H,25,26,27)(H,28,29,30). The van der Waals surface area contributed by atoms with Crippen LogP contribution in [0.2, 0.25) is 0 Å². The zero-order valence-corrected chi connectivity index (χ0v) is 19.6. The normalized spacial score (nSPS) is 12.0. The van der Waals surface area contributed by atoms with Crippen LogP contribution in [0, 0.1) is 11.3 Å². The molecule has 0 fully saturated rings. The number of carbonyl (C=O) groups is 1. The maximum atomic E-state index is 12.6. The van der Waals surface area contributed by atoms with E-state index in [0.717, 1.165) is 12.1 Å². The van der Waals surface area contributed by atoms with E-state index < -0.39 is 36.8 Å². The average Bonchev–Trinajstić information content (AvgIpc) is 2.76. The summed E-state index contributed by atoms with van der Waals surface area (Å²) in [6, 6.07) is 11.3. The first kappa shape index (κ1) is 26.8. The van der Waals surface area contributed by atoms with Gasteiger partial charge in [-0.25, -0.2) is 0 Å². The van der Waals surface area contributed by atoms with Crippen LogP contribution in [0.1, 0.15) is 18.4 Å². The largest absolute Gasteiger partial charge is 0.497 e. The molecule has 182 valence electrons. The third-order valence-corrected chi connectivity index (χ3v) is 5.98. The maximum Gasteiger partial charge on any atom is 0.294 e. The van der Waals surface area contributed by atoms with Gasteiger partial charge in [0, 0.05) is 17.3 Å². The SMILES string of the molecule is COc1ccc(C=C(C#N)C(=O)Nc2cccc(S(=O)(=O)O)c2)c(OCCCCS(=O)(=O)O)c1. The second kappa shape index (κ2) is 11.6. The molecule has 2 rings (SSSR count). The lowest BCUT2D eigenvalue weighted by molar-refractivity contribution is -0.112. The first-order valence-electron chi connectivity index (χ1n) is 9.69. The Bertz CT molecular complexity index is 1330. The predicted octanol–water partition coefficient (Wildman–Crippen LogP) is 2.53. The Kier molecular flexibility index (Phi) is 9.16. The number of anilines is 1. The second-order valence-electron chi connectivity index (χ2n) is 6.87. The highest BCUT2D eigenvalue weighted by molar-refractivity contribution is 7.86. The van der Waals surface area contributed by atoms with Gasteiger partial charge in [-0.2, -0.15) is 22.1 Å². The lowest BCUT2D eigenvalue weighted by atomic mass is 10.1. The molecule has 13 heteroatoms. The van der Waals surface area contributed by atoms with Crippen LogP contribution in [0.3, 0.4) is 0 Å². The molecule has 0 heterocycles. The zero-order valence-electron chi connectivity index (χ0n) is 18.0. The molecular formula is C21H22N2O9S2. The van der Waals surface area contributed by atoms with Crippen LogP contribution < -0.4 is 14.8 Å². The Morgan fingerprint density at radius 1 is 1.12 bits per heavy atom. The Morgan fingerprint density at radius 3 is 2.47 bits per heavy atom. The van der Waals surface area contributed by atoms with Crippen LogP contribution in [-0.2, 0) is 25.0 Å². The van der Waals surface area contributed by atoms with E-state index in [-0.39, 0.29) is 30.0 Å². The first-order valence-corrected chi connectivity index (χ1v) is 12.7. The van der Waals surface area contributed by atoms with Crippen LogP contribution in [0.25, 0.3) is 6.08 Å². The van der Waals surface area contributed by atoms with E-state index in [9.17, 15) is 26.9 Å². The van der Waals surface area contributed by atoms with Crippen LogP contribution in [0.5, 0.6) is 11.5 Å². The van der Waals surface area contributed by atoms with Crippen molar-refractivity contribution in [2.24, 2.45) is 0 Å². The van der Waals surface area contributed by atoms with Gasteiger partial charge in [0.2, 0.25) is 0 Å². The number of nitrogens with zero attached hydrogens (tertiary/aromatic N) is 1. The van der Waals surface area contributed by atoms with E-state index in [1.54, 1.807) is 18.2 Å². The Morgan fingerprint density at radius 2 is 1.85 bits per heavy atom. The van der Waals surface area contributed by atoms with Crippen molar-refractivity contribution in [2.75, 3.05) is 24.8 Å². The first-order chi connectivity index (χ1) is 15.9. The van der Waals surface area contributed by atoms with Crippen LogP contribution in [0.4, 0.5) is 5.69 Å². The minimum absolute atomic E-state index is 0.0475. The number of hydrogen-bond donors (Lipinski definition) is 3. The van der Waals surface area contributed by atoms with E-state index in [0.29, 0.717) is 17.7 Å². The third kappa shape index (κ3) is 8.49. The minimum atomic E-state index is -4.48. The molecule has 0 aromatic heterocycles. The van der Waals surface area contributed by atoms with Crippen molar-refractivity contribution in [3.05, 3.63) is 53.6 Å². The van der Waals surface area contributed by atoms with Gasteiger partial charge in [-0.05, 0) is 49.2 Å². The Hall–Kier alpha value is -3.44. The number of amides is 1. The van der Waals surface area contributed by atoms with Crippen molar-refractivity contribution in [2.45, 2.75) is 17.7 Å². The molecule has 0 radical (unpaired) electrons. The average molecular weight is 511 g/mol. The summed E-state index contributed by atoms with van der Waals surface area (Å²) in [6.07, 6.45) is 1.74. The molecule has 0 atom stereocenters. The molecule has 2 aromatic rings. The van der Waals surface area contributed by atoms with E-state index in [1.165, 1.54) is 31.4 Å². The van der Waals surface area contributed by atoms with Crippen LogP contribution in [-0.4, -0.2) is 51.3 Å². The van der Waals surface area contributed by atoms with E-state index in [1.807, 2.05) is 0 Å². The van der Waals surface area contributed by atoms with Crippen LogP contribution in [0.15, 0.2) is 52.9 Å². The third-order valence-electron chi connectivity index (χ3n) is 4.33. The molecule has 0 unspecified atom stereocenters. The van der Waals surface area contributed by atoms with Gasteiger partial charge < -0.3 is 14.8 Å². The predicted molar refractivity (Wildman–Crippen MR) is 123 cm³/mol. The molecule has 0 bridgehead atoms. The van der Waals surface area contributed by atoms with Crippen molar-refractivity contribution < 1.29 is 40.2 Å². The van der Waals surface area contributed by atoms with E-state index in [2.05, 4.69) is 5.32 Å². The fourth-order valence-electron chi connectivity index (χ4n) is 2.69. The van der Waals surface area contributed by atoms with Crippen LogP contribution >= 0.6 is 0 Å². The highest BCUT2D eigenvalue weighted by atomic mass is 32.2. The molecular weight excluding hydrogens is 488 g/mol. The summed E-state index contributed by atoms with van der Waals surface area (Å²) in [5.41, 5.74) is 0.0823. The zero-order chi connectivity index (χ0) is 25.4. The lowest BCUT2D eigenvalue weighted by Gasteiger charge is -2.12. The fraction of sp³-hybridized carbons (Fsp3) is 0.238. The highest BCUT2D eigenvalue weighted by Gasteiger charge is 2.15. The Balaban J connectivity index is 2.22. The van der Waals surface area contributed by atoms with Gasteiger partial charge >= 0.3 is 0 Å². The second-order valence-corrected chi connectivity index (χ2v) is 9.87. The monoisotopic (exact) mass is 510 g/mol. The summed E-state index contributed by atoms with van der Waals surface area (Å²) in [5.74, 6) is -0.529. The molecule has 2 aromatic carbocycles. The number of carbonyl (C=O) groups excluding carboxylic acids is 1. The lowest BCUT2D eigenvalue weighted by Crippen LogP contribution is -2.14. The summed E-state index contributed by atoms with van der Waals surface area (Å²) < 4.78 is 72.9. The quantitative estimate of drug-likeness (QED) is 0.176. The number of benzene rings is 2. The molecule has 0 aliphatic rings. The van der Waals surface area contributed by atoms with Gasteiger partial charge in [0.15, 0.2) is 0 Å². The topological polar surface area (TPSA) is 180 Å². The maximum absolute atomic E-state index is 12.6. The highest BCUT2D eigenvalue weighted by Crippen LogP contribution is 2.27. The molecule has 0 aliphatic carbocycles. The van der Waals surface area contributed by atoms with E-state index >= 15 is 0 Å². The van der Waals surface area contributed by atoms with Gasteiger partial charge in [0.25, 0.3) is 26.1 Å². The number of rotatable bonds is 11. The molecule has 0 saturated carbocycles. The number of hydrogen-bond acceptors (Lipinski definition) is 8. The number of methoxy groups -OCH3 is 1. The molecule has 34 heavy (non-hydrogen) atoms. The summed E-state index contributed by atoms with van der Waals surface area (Å²) in [4.78, 5) is 12.2. The minimum Gasteiger partial charge on any atom is -0.497 e. The molecule has 1 amide bonds. The molecule has 0 saturated heterocycles. The van der Waals surface area contributed by atoms with Crippen molar-refractivity contribution in [3.63, 3.8) is 0 Å². The van der Waals surface area contributed by atoms with E-state index in [4.69, 9.17) is 18.6 Å². The van der Waals surface area contributed by atoms with Crippen molar-refractivity contribution in [1.82, 2.24) is 0 Å². The fourth-order valence-corrected chi connectivity index (χ4v) is 3.79. The summed E-state index contributed by atoms with van der Waals surface area (Å²) in [6.45, 7) is 0.0973. The molecule has 0 aliphatic heterocycles. The van der Waals surface area contributed by atoms with Gasteiger partial charge in [0.05, 0.1) is 24.4 Å².